The number of sulfonamides is 1. The fourth-order valence-electron chi connectivity index (χ4n) is 1.04. The SMILES string of the molecule is Cc1cc(Br)ccc1NS(=O)(=O)C(C)(C)C. The third-order valence-electron chi connectivity index (χ3n) is 2.24. The van der Waals surface area contributed by atoms with Gasteiger partial charge >= 0.3 is 0 Å². The van der Waals surface area contributed by atoms with Crippen LogP contribution in [0.1, 0.15) is 26.3 Å². The van der Waals surface area contributed by atoms with Crippen molar-refractivity contribution in [3.05, 3.63) is 28.2 Å². The molecule has 0 aliphatic carbocycles. The lowest BCUT2D eigenvalue weighted by Gasteiger charge is -2.21. The zero-order chi connectivity index (χ0) is 12.6. The molecule has 0 amide bonds. The summed E-state index contributed by atoms with van der Waals surface area (Å²) in [4.78, 5) is 0. The number of nitrogens with one attached hydrogen (secondary N) is 1. The van der Waals surface area contributed by atoms with Crippen LogP contribution in [0.5, 0.6) is 0 Å². The van der Waals surface area contributed by atoms with E-state index in [1.165, 1.54) is 0 Å². The summed E-state index contributed by atoms with van der Waals surface area (Å²) in [5.41, 5.74) is 1.51. The lowest BCUT2D eigenvalue weighted by molar-refractivity contribution is 0.566. The Morgan fingerprint density at radius 1 is 1.25 bits per heavy atom. The Morgan fingerprint density at radius 2 is 1.81 bits per heavy atom. The number of hydrogen-bond acceptors (Lipinski definition) is 2. The summed E-state index contributed by atoms with van der Waals surface area (Å²) >= 11 is 3.34. The van der Waals surface area contributed by atoms with E-state index >= 15 is 0 Å². The molecule has 0 radical (unpaired) electrons. The van der Waals surface area contributed by atoms with Crippen LogP contribution in [0.25, 0.3) is 0 Å². The summed E-state index contributed by atoms with van der Waals surface area (Å²) < 4.78 is 26.6. The Labute approximate surface area is 105 Å². The molecule has 1 aromatic carbocycles. The largest absolute Gasteiger partial charge is 0.283 e. The van der Waals surface area contributed by atoms with E-state index in [0.717, 1.165) is 10.0 Å². The molecule has 1 N–H and O–H groups in total. The van der Waals surface area contributed by atoms with E-state index in [-0.39, 0.29) is 0 Å². The van der Waals surface area contributed by atoms with Crippen molar-refractivity contribution in [3.63, 3.8) is 0 Å². The Morgan fingerprint density at radius 3 is 2.25 bits per heavy atom. The second kappa shape index (κ2) is 4.37. The highest BCUT2D eigenvalue weighted by atomic mass is 79.9. The third kappa shape index (κ3) is 2.98. The highest BCUT2D eigenvalue weighted by Gasteiger charge is 2.29. The Balaban J connectivity index is 3.07. The third-order valence-corrected chi connectivity index (χ3v) is 4.83. The average Bonchev–Trinajstić information content (AvgIpc) is 2.08. The molecular formula is C11H16BrNO2S. The number of benzene rings is 1. The van der Waals surface area contributed by atoms with Crippen LogP contribution in [0.3, 0.4) is 0 Å². The molecule has 3 nitrogen and oxygen atoms in total. The van der Waals surface area contributed by atoms with E-state index in [4.69, 9.17) is 0 Å². The van der Waals surface area contributed by atoms with E-state index in [0.29, 0.717) is 5.69 Å². The standard InChI is InChI=1S/C11H16BrNO2S/c1-8-7-9(12)5-6-10(8)13-16(14,15)11(2,3)4/h5-7,13H,1-4H3. The van der Waals surface area contributed by atoms with Crippen LogP contribution in [0.2, 0.25) is 0 Å². The van der Waals surface area contributed by atoms with Gasteiger partial charge in [0.25, 0.3) is 0 Å². The maximum Gasteiger partial charge on any atom is 0.237 e. The first kappa shape index (κ1) is 13.5. The summed E-state index contributed by atoms with van der Waals surface area (Å²) in [6.07, 6.45) is 0. The maximum atomic E-state index is 11.9. The van der Waals surface area contributed by atoms with Gasteiger partial charge in [0.05, 0.1) is 10.4 Å². The van der Waals surface area contributed by atoms with E-state index in [2.05, 4.69) is 20.7 Å². The van der Waals surface area contributed by atoms with Crippen molar-refractivity contribution in [1.29, 1.82) is 0 Å². The summed E-state index contributed by atoms with van der Waals surface area (Å²) in [6, 6.07) is 5.44. The van der Waals surface area contributed by atoms with Crippen molar-refractivity contribution in [2.75, 3.05) is 4.72 Å². The summed E-state index contributed by atoms with van der Waals surface area (Å²) in [5, 5.41) is 0. The molecule has 0 aliphatic heterocycles. The molecule has 0 saturated heterocycles. The Kier molecular flexibility index (Phi) is 3.69. The van der Waals surface area contributed by atoms with E-state index in [9.17, 15) is 8.42 Å². The first-order valence-corrected chi connectivity index (χ1v) is 7.19. The minimum atomic E-state index is -3.35. The van der Waals surface area contributed by atoms with Gasteiger partial charge in [-0.15, -0.1) is 0 Å². The van der Waals surface area contributed by atoms with Crippen molar-refractivity contribution in [3.8, 4) is 0 Å². The zero-order valence-electron chi connectivity index (χ0n) is 9.83. The smallest absolute Gasteiger partial charge is 0.237 e. The molecule has 16 heavy (non-hydrogen) atoms. The van der Waals surface area contributed by atoms with Crippen LogP contribution in [-0.2, 0) is 10.0 Å². The van der Waals surface area contributed by atoms with Gasteiger partial charge in [0, 0.05) is 4.47 Å². The monoisotopic (exact) mass is 305 g/mol. The van der Waals surface area contributed by atoms with Crippen LogP contribution >= 0.6 is 15.9 Å². The van der Waals surface area contributed by atoms with Crippen LogP contribution < -0.4 is 4.72 Å². The molecule has 0 atom stereocenters. The molecule has 1 aromatic rings. The summed E-state index contributed by atoms with van der Waals surface area (Å²) in [5.74, 6) is 0. The molecule has 90 valence electrons. The maximum absolute atomic E-state index is 11.9. The predicted molar refractivity (Wildman–Crippen MR) is 71.2 cm³/mol. The molecule has 1 rings (SSSR count). The van der Waals surface area contributed by atoms with Gasteiger partial charge in [0.2, 0.25) is 10.0 Å². The number of anilines is 1. The van der Waals surface area contributed by atoms with Gasteiger partial charge in [-0.1, -0.05) is 15.9 Å². The lowest BCUT2D eigenvalue weighted by atomic mass is 10.2. The molecule has 5 heteroatoms. The van der Waals surface area contributed by atoms with Crippen molar-refractivity contribution in [2.24, 2.45) is 0 Å². The summed E-state index contributed by atoms with van der Waals surface area (Å²) in [7, 11) is -3.35. The first-order chi connectivity index (χ1) is 7.13. The van der Waals surface area contributed by atoms with Crippen molar-refractivity contribution in [1.82, 2.24) is 0 Å². The highest BCUT2D eigenvalue weighted by Crippen LogP contribution is 2.24. The quantitative estimate of drug-likeness (QED) is 0.911. The van der Waals surface area contributed by atoms with E-state index in [1.807, 2.05) is 19.1 Å². The average molecular weight is 306 g/mol. The van der Waals surface area contributed by atoms with Crippen molar-refractivity contribution in [2.45, 2.75) is 32.4 Å². The molecular weight excluding hydrogens is 290 g/mol. The molecule has 0 heterocycles. The number of rotatable bonds is 2. The first-order valence-electron chi connectivity index (χ1n) is 4.92. The number of hydrogen-bond donors (Lipinski definition) is 1. The molecule has 0 spiro atoms. The van der Waals surface area contributed by atoms with Gasteiger partial charge in [0.15, 0.2) is 0 Å². The molecule has 0 unspecified atom stereocenters. The van der Waals surface area contributed by atoms with Gasteiger partial charge in [-0.05, 0) is 51.5 Å². The fraction of sp³-hybridized carbons (Fsp3) is 0.455. The topological polar surface area (TPSA) is 46.2 Å². The van der Waals surface area contributed by atoms with Gasteiger partial charge in [-0.2, -0.15) is 0 Å². The molecule has 0 aromatic heterocycles. The van der Waals surface area contributed by atoms with Crippen molar-refractivity contribution >= 4 is 31.6 Å². The van der Waals surface area contributed by atoms with E-state index in [1.54, 1.807) is 26.8 Å². The number of halogens is 1. The minimum Gasteiger partial charge on any atom is -0.283 e. The molecule has 0 saturated carbocycles. The van der Waals surface area contributed by atoms with Gasteiger partial charge in [-0.25, -0.2) is 8.42 Å². The van der Waals surface area contributed by atoms with Crippen LogP contribution in [0.15, 0.2) is 22.7 Å². The van der Waals surface area contributed by atoms with E-state index < -0.39 is 14.8 Å². The second-order valence-electron chi connectivity index (χ2n) is 4.68. The van der Waals surface area contributed by atoms with Gasteiger partial charge < -0.3 is 0 Å². The minimum absolute atomic E-state index is 0.623. The predicted octanol–water partition coefficient (Wildman–Crippen LogP) is 3.30. The zero-order valence-corrected chi connectivity index (χ0v) is 12.2. The molecule has 0 aliphatic rings. The van der Waals surface area contributed by atoms with Gasteiger partial charge in [0.1, 0.15) is 0 Å². The highest BCUT2D eigenvalue weighted by molar-refractivity contribution is 9.10. The molecule has 0 fully saturated rings. The van der Waals surface area contributed by atoms with Crippen molar-refractivity contribution < 1.29 is 8.42 Å². The lowest BCUT2D eigenvalue weighted by Crippen LogP contribution is -2.33. The second-order valence-corrected chi connectivity index (χ2v) is 8.03. The Hall–Kier alpha value is -0.550. The van der Waals surface area contributed by atoms with Crippen LogP contribution in [0.4, 0.5) is 5.69 Å². The van der Waals surface area contributed by atoms with Gasteiger partial charge in [-0.3, -0.25) is 4.72 Å². The fourth-order valence-corrected chi connectivity index (χ4v) is 2.34. The van der Waals surface area contributed by atoms with Crippen LogP contribution in [0, 0.1) is 6.92 Å². The summed E-state index contributed by atoms with van der Waals surface area (Å²) in [6.45, 7) is 6.88. The number of aryl methyl sites for hydroxylation is 1. The van der Waals surface area contributed by atoms with Crippen LogP contribution in [-0.4, -0.2) is 13.2 Å². The Bertz CT molecular complexity index is 489. The molecule has 0 bridgehead atoms. The normalized spacial score (nSPS) is 12.6.